The SMILES string of the molecule is COc1ccc(OC)c(C(=O)C=Cc2ccccc2OC)c1. The Morgan fingerprint density at radius 2 is 1.64 bits per heavy atom. The van der Waals surface area contributed by atoms with Crippen molar-refractivity contribution in [1.29, 1.82) is 0 Å². The van der Waals surface area contributed by atoms with Crippen LogP contribution in [0.2, 0.25) is 0 Å². The van der Waals surface area contributed by atoms with E-state index >= 15 is 0 Å². The Morgan fingerprint density at radius 1 is 0.909 bits per heavy atom. The van der Waals surface area contributed by atoms with Crippen molar-refractivity contribution in [3.8, 4) is 17.2 Å². The molecule has 4 nitrogen and oxygen atoms in total. The van der Waals surface area contributed by atoms with Gasteiger partial charge in [0, 0.05) is 5.56 Å². The highest BCUT2D eigenvalue weighted by molar-refractivity contribution is 6.09. The third kappa shape index (κ3) is 3.47. The number of rotatable bonds is 6. The molecule has 0 aromatic heterocycles. The van der Waals surface area contributed by atoms with Crippen LogP contribution in [-0.4, -0.2) is 27.1 Å². The maximum absolute atomic E-state index is 12.4. The monoisotopic (exact) mass is 298 g/mol. The zero-order valence-electron chi connectivity index (χ0n) is 12.8. The van der Waals surface area contributed by atoms with Gasteiger partial charge in [-0.15, -0.1) is 0 Å². The predicted molar refractivity (Wildman–Crippen MR) is 85.9 cm³/mol. The highest BCUT2D eigenvalue weighted by Crippen LogP contribution is 2.25. The summed E-state index contributed by atoms with van der Waals surface area (Å²) in [5.41, 5.74) is 1.29. The molecule has 0 radical (unpaired) electrons. The summed E-state index contributed by atoms with van der Waals surface area (Å²) < 4.78 is 15.6. The number of ether oxygens (including phenoxy) is 3. The van der Waals surface area contributed by atoms with Crippen molar-refractivity contribution in [3.05, 3.63) is 59.7 Å². The molecule has 0 saturated heterocycles. The van der Waals surface area contributed by atoms with E-state index in [1.807, 2.05) is 24.3 Å². The Morgan fingerprint density at radius 3 is 2.32 bits per heavy atom. The quantitative estimate of drug-likeness (QED) is 0.603. The van der Waals surface area contributed by atoms with Crippen molar-refractivity contribution in [1.82, 2.24) is 0 Å². The first-order valence-electron chi connectivity index (χ1n) is 6.77. The van der Waals surface area contributed by atoms with Gasteiger partial charge in [0.1, 0.15) is 17.2 Å². The molecule has 0 heterocycles. The van der Waals surface area contributed by atoms with Crippen LogP contribution in [0.15, 0.2) is 48.5 Å². The second-order valence-electron chi connectivity index (χ2n) is 4.51. The predicted octanol–water partition coefficient (Wildman–Crippen LogP) is 3.61. The van der Waals surface area contributed by atoms with E-state index in [0.717, 1.165) is 5.56 Å². The lowest BCUT2D eigenvalue weighted by Crippen LogP contribution is -2.00. The lowest BCUT2D eigenvalue weighted by atomic mass is 10.1. The second-order valence-corrected chi connectivity index (χ2v) is 4.51. The van der Waals surface area contributed by atoms with Crippen molar-refractivity contribution in [2.45, 2.75) is 0 Å². The van der Waals surface area contributed by atoms with Crippen LogP contribution in [0.4, 0.5) is 0 Å². The van der Waals surface area contributed by atoms with Crippen molar-refractivity contribution in [2.75, 3.05) is 21.3 Å². The molecule has 22 heavy (non-hydrogen) atoms. The van der Waals surface area contributed by atoms with Crippen LogP contribution >= 0.6 is 0 Å². The number of benzene rings is 2. The van der Waals surface area contributed by atoms with Gasteiger partial charge in [0.15, 0.2) is 5.78 Å². The third-order valence-electron chi connectivity index (χ3n) is 3.23. The van der Waals surface area contributed by atoms with Gasteiger partial charge in [0.05, 0.1) is 26.9 Å². The number of allylic oxidation sites excluding steroid dienone is 1. The number of carbonyl (C=O) groups excluding carboxylic acids is 1. The standard InChI is InChI=1S/C18H18O4/c1-20-14-9-11-18(22-3)15(12-14)16(19)10-8-13-6-4-5-7-17(13)21-2/h4-12H,1-3H3. The molecular weight excluding hydrogens is 280 g/mol. The number of para-hydroxylation sites is 1. The summed E-state index contributed by atoms with van der Waals surface area (Å²) in [6.45, 7) is 0. The number of carbonyl (C=O) groups is 1. The summed E-state index contributed by atoms with van der Waals surface area (Å²) in [6.07, 6.45) is 3.22. The molecular formula is C18H18O4. The normalized spacial score (nSPS) is 10.5. The third-order valence-corrected chi connectivity index (χ3v) is 3.23. The summed E-state index contributed by atoms with van der Waals surface area (Å²) >= 11 is 0. The van der Waals surface area contributed by atoms with Crippen LogP contribution in [0, 0.1) is 0 Å². The molecule has 0 amide bonds. The first-order chi connectivity index (χ1) is 10.7. The highest BCUT2D eigenvalue weighted by atomic mass is 16.5. The van der Waals surface area contributed by atoms with E-state index < -0.39 is 0 Å². The molecule has 0 aliphatic heterocycles. The molecule has 0 saturated carbocycles. The second kappa shape index (κ2) is 7.31. The van der Waals surface area contributed by atoms with Crippen LogP contribution in [0.1, 0.15) is 15.9 Å². The zero-order chi connectivity index (χ0) is 15.9. The van der Waals surface area contributed by atoms with Crippen molar-refractivity contribution in [2.24, 2.45) is 0 Å². The van der Waals surface area contributed by atoms with E-state index in [9.17, 15) is 4.79 Å². The highest BCUT2D eigenvalue weighted by Gasteiger charge is 2.11. The Balaban J connectivity index is 2.30. The van der Waals surface area contributed by atoms with Crippen molar-refractivity contribution >= 4 is 11.9 Å². The van der Waals surface area contributed by atoms with E-state index in [0.29, 0.717) is 22.8 Å². The number of hydrogen-bond donors (Lipinski definition) is 0. The Kier molecular flexibility index (Phi) is 5.20. The van der Waals surface area contributed by atoms with Gasteiger partial charge in [0.25, 0.3) is 0 Å². The average molecular weight is 298 g/mol. The topological polar surface area (TPSA) is 44.8 Å². The van der Waals surface area contributed by atoms with E-state index in [1.165, 1.54) is 13.2 Å². The van der Waals surface area contributed by atoms with Crippen LogP contribution in [-0.2, 0) is 0 Å². The molecule has 0 atom stereocenters. The van der Waals surface area contributed by atoms with Crippen molar-refractivity contribution in [3.63, 3.8) is 0 Å². The molecule has 2 rings (SSSR count). The largest absolute Gasteiger partial charge is 0.497 e. The molecule has 0 unspecified atom stereocenters. The molecule has 114 valence electrons. The van der Waals surface area contributed by atoms with Crippen molar-refractivity contribution < 1.29 is 19.0 Å². The van der Waals surface area contributed by atoms with Gasteiger partial charge in [0.2, 0.25) is 0 Å². The van der Waals surface area contributed by atoms with Gasteiger partial charge in [-0.1, -0.05) is 18.2 Å². The van der Waals surface area contributed by atoms with Crippen LogP contribution in [0.25, 0.3) is 6.08 Å². The lowest BCUT2D eigenvalue weighted by molar-refractivity contribution is 0.104. The van der Waals surface area contributed by atoms with E-state index in [4.69, 9.17) is 14.2 Å². The fraction of sp³-hybridized carbons (Fsp3) is 0.167. The summed E-state index contributed by atoms with van der Waals surface area (Å²) in [7, 11) is 4.68. The summed E-state index contributed by atoms with van der Waals surface area (Å²) in [5.74, 6) is 1.66. The molecule has 0 aliphatic rings. The van der Waals surface area contributed by atoms with Crippen LogP contribution < -0.4 is 14.2 Å². The first-order valence-corrected chi connectivity index (χ1v) is 6.77. The molecule has 2 aromatic carbocycles. The number of methoxy groups -OCH3 is 3. The molecule has 0 N–H and O–H groups in total. The Labute approximate surface area is 129 Å². The van der Waals surface area contributed by atoms with E-state index in [-0.39, 0.29) is 5.78 Å². The molecule has 2 aromatic rings. The molecule has 0 bridgehead atoms. The van der Waals surface area contributed by atoms with Gasteiger partial charge in [-0.2, -0.15) is 0 Å². The molecule has 4 heteroatoms. The maximum atomic E-state index is 12.4. The molecule has 0 aliphatic carbocycles. The van der Waals surface area contributed by atoms with Gasteiger partial charge in [-0.05, 0) is 36.4 Å². The molecule has 0 fully saturated rings. The molecule has 0 spiro atoms. The zero-order valence-corrected chi connectivity index (χ0v) is 12.8. The number of hydrogen-bond acceptors (Lipinski definition) is 4. The van der Waals surface area contributed by atoms with Gasteiger partial charge in [-0.3, -0.25) is 4.79 Å². The minimum absolute atomic E-state index is 0.165. The minimum Gasteiger partial charge on any atom is -0.497 e. The van der Waals surface area contributed by atoms with Crippen LogP contribution in [0.5, 0.6) is 17.2 Å². The van der Waals surface area contributed by atoms with Gasteiger partial charge < -0.3 is 14.2 Å². The van der Waals surface area contributed by atoms with E-state index in [2.05, 4.69) is 0 Å². The Hall–Kier alpha value is -2.75. The minimum atomic E-state index is -0.165. The summed E-state index contributed by atoms with van der Waals surface area (Å²) in [6, 6.07) is 12.6. The summed E-state index contributed by atoms with van der Waals surface area (Å²) in [5, 5.41) is 0. The number of ketones is 1. The first kappa shape index (κ1) is 15.6. The fourth-order valence-corrected chi connectivity index (χ4v) is 2.07. The van der Waals surface area contributed by atoms with Gasteiger partial charge in [-0.25, -0.2) is 0 Å². The smallest absolute Gasteiger partial charge is 0.189 e. The van der Waals surface area contributed by atoms with Gasteiger partial charge >= 0.3 is 0 Å². The maximum Gasteiger partial charge on any atom is 0.189 e. The lowest BCUT2D eigenvalue weighted by Gasteiger charge is -2.08. The van der Waals surface area contributed by atoms with E-state index in [1.54, 1.807) is 38.5 Å². The fourth-order valence-electron chi connectivity index (χ4n) is 2.07. The Bertz CT molecular complexity index is 689. The summed E-state index contributed by atoms with van der Waals surface area (Å²) in [4.78, 5) is 12.4. The van der Waals surface area contributed by atoms with Crippen LogP contribution in [0.3, 0.4) is 0 Å². The average Bonchev–Trinajstić information content (AvgIpc) is 2.59.